The van der Waals surface area contributed by atoms with Crippen LogP contribution in [0.4, 0.5) is 0 Å². The molecule has 6 nitrogen and oxygen atoms in total. The van der Waals surface area contributed by atoms with Crippen LogP contribution in [-0.2, 0) is 11.4 Å². The first-order chi connectivity index (χ1) is 14.1. The minimum atomic E-state index is -0.342. The van der Waals surface area contributed by atoms with Gasteiger partial charge in [-0.15, -0.1) is 11.3 Å². The minimum absolute atomic E-state index is 0.111. The lowest BCUT2D eigenvalue weighted by atomic mass is 10.2. The van der Waals surface area contributed by atoms with Crippen LogP contribution in [0.2, 0.25) is 0 Å². The van der Waals surface area contributed by atoms with E-state index in [4.69, 9.17) is 14.2 Å². The van der Waals surface area contributed by atoms with E-state index in [-0.39, 0.29) is 12.5 Å². The maximum absolute atomic E-state index is 11.9. The van der Waals surface area contributed by atoms with Crippen molar-refractivity contribution in [3.05, 3.63) is 76.0 Å². The number of nitrogens with one attached hydrogen (secondary N) is 1. The van der Waals surface area contributed by atoms with Crippen molar-refractivity contribution in [2.45, 2.75) is 13.5 Å². The third kappa shape index (κ3) is 6.36. The number of hydrazone groups is 1. The summed E-state index contributed by atoms with van der Waals surface area (Å²) < 4.78 is 16.6. The highest BCUT2D eigenvalue weighted by atomic mass is 32.1. The summed E-state index contributed by atoms with van der Waals surface area (Å²) in [4.78, 5) is 13.0. The lowest BCUT2D eigenvalue weighted by Gasteiger charge is -2.10. The van der Waals surface area contributed by atoms with E-state index in [1.807, 2.05) is 54.8 Å². The van der Waals surface area contributed by atoms with Crippen LogP contribution in [-0.4, -0.2) is 25.8 Å². The number of hydrogen-bond acceptors (Lipinski definition) is 6. The molecule has 29 heavy (non-hydrogen) atoms. The molecule has 0 atom stereocenters. The largest absolute Gasteiger partial charge is 0.493 e. The van der Waals surface area contributed by atoms with E-state index >= 15 is 0 Å². The summed E-state index contributed by atoms with van der Waals surface area (Å²) in [6.07, 6.45) is 1.54. The number of aryl methyl sites for hydroxylation is 1. The monoisotopic (exact) mass is 410 g/mol. The number of nitrogens with zero attached hydrogens (tertiary/aromatic N) is 1. The number of ether oxygens (including phenoxy) is 3. The summed E-state index contributed by atoms with van der Waals surface area (Å²) in [5.74, 6) is 1.55. The van der Waals surface area contributed by atoms with Crippen molar-refractivity contribution >= 4 is 23.5 Å². The second-order valence-electron chi connectivity index (χ2n) is 6.18. The summed E-state index contributed by atoms with van der Waals surface area (Å²) in [6.45, 7) is 2.34. The topological polar surface area (TPSA) is 69.2 Å². The van der Waals surface area contributed by atoms with Gasteiger partial charge in [-0.2, -0.15) is 5.10 Å². The van der Waals surface area contributed by atoms with Gasteiger partial charge >= 0.3 is 0 Å². The van der Waals surface area contributed by atoms with Crippen LogP contribution in [0.15, 0.2) is 65.1 Å². The quantitative estimate of drug-likeness (QED) is 0.425. The minimum Gasteiger partial charge on any atom is -0.493 e. The van der Waals surface area contributed by atoms with E-state index in [2.05, 4.69) is 10.5 Å². The molecule has 0 aliphatic carbocycles. The molecule has 1 heterocycles. The van der Waals surface area contributed by atoms with Gasteiger partial charge in [0.1, 0.15) is 12.4 Å². The molecule has 0 spiro atoms. The highest BCUT2D eigenvalue weighted by Gasteiger charge is 2.06. The molecule has 150 valence electrons. The number of carbonyl (C=O) groups is 1. The smallest absolute Gasteiger partial charge is 0.277 e. The Morgan fingerprint density at radius 3 is 2.76 bits per heavy atom. The molecular weight excluding hydrogens is 388 g/mol. The Balaban J connectivity index is 1.50. The van der Waals surface area contributed by atoms with Crippen LogP contribution < -0.4 is 19.6 Å². The lowest BCUT2D eigenvalue weighted by Crippen LogP contribution is -2.24. The van der Waals surface area contributed by atoms with Crippen LogP contribution in [0.25, 0.3) is 0 Å². The zero-order valence-corrected chi connectivity index (χ0v) is 17.1. The average molecular weight is 410 g/mol. The molecule has 0 bridgehead atoms. The number of rotatable bonds is 9. The molecule has 0 aliphatic heterocycles. The molecule has 0 aliphatic rings. The first-order valence-corrected chi connectivity index (χ1v) is 9.86. The Hall–Kier alpha value is -3.32. The molecule has 1 amide bonds. The van der Waals surface area contributed by atoms with Crippen molar-refractivity contribution < 1.29 is 19.0 Å². The second kappa shape index (κ2) is 10.3. The Kier molecular flexibility index (Phi) is 7.24. The molecule has 1 aromatic heterocycles. The summed E-state index contributed by atoms with van der Waals surface area (Å²) >= 11 is 1.64. The first-order valence-electron chi connectivity index (χ1n) is 8.98. The molecule has 0 radical (unpaired) electrons. The fraction of sp³-hybridized carbons (Fsp3) is 0.182. The van der Waals surface area contributed by atoms with Gasteiger partial charge < -0.3 is 14.2 Å². The van der Waals surface area contributed by atoms with Gasteiger partial charge in [0.2, 0.25) is 0 Å². The highest BCUT2D eigenvalue weighted by Crippen LogP contribution is 2.28. The van der Waals surface area contributed by atoms with Gasteiger partial charge in [0.05, 0.1) is 13.3 Å². The Morgan fingerprint density at radius 2 is 2.00 bits per heavy atom. The standard InChI is InChI=1S/C22H22N2O4S/c1-16-5-3-6-18(11-16)27-15-22(25)24-23-13-17-8-9-20(21(12-17)26-2)28-14-19-7-4-10-29-19/h3-13H,14-15H2,1-2H3,(H,24,25)/b23-13-. The van der Waals surface area contributed by atoms with Crippen LogP contribution in [0.1, 0.15) is 16.0 Å². The highest BCUT2D eigenvalue weighted by molar-refractivity contribution is 7.09. The predicted molar refractivity (Wildman–Crippen MR) is 114 cm³/mol. The van der Waals surface area contributed by atoms with E-state index in [1.165, 1.54) is 6.21 Å². The zero-order chi connectivity index (χ0) is 20.5. The van der Waals surface area contributed by atoms with E-state index in [0.29, 0.717) is 23.9 Å². The van der Waals surface area contributed by atoms with Crippen molar-refractivity contribution in [2.75, 3.05) is 13.7 Å². The molecular formula is C22H22N2O4S. The number of benzene rings is 2. The molecule has 0 fully saturated rings. The van der Waals surface area contributed by atoms with Crippen molar-refractivity contribution in [1.82, 2.24) is 5.43 Å². The van der Waals surface area contributed by atoms with Crippen molar-refractivity contribution in [1.29, 1.82) is 0 Å². The number of amides is 1. The normalized spacial score (nSPS) is 10.7. The SMILES string of the molecule is COc1cc(/C=N\NC(=O)COc2cccc(C)c2)ccc1OCc1cccs1. The summed E-state index contributed by atoms with van der Waals surface area (Å²) in [5.41, 5.74) is 4.28. The van der Waals surface area contributed by atoms with Crippen LogP contribution in [0.5, 0.6) is 17.2 Å². The van der Waals surface area contributed by atoms with E-state index in [9.17, 15) is 4.79 Å². The van der Waals surface area contributed by atoms with Gasteiger partial charge in [-0.1, -0.05) is 18.2 Å². The van der Waals surface area contributed by atoms with Gasteiger partial charge in [0.25, 0.3) is 5.91 Å². The number of carbonyl (C=O) groups excluding carboxylic acids is 1. The van der Waals surface area contributed by atoms with Gasteiger partial charge in [0, 0.05) is 4.88 Å². The van der Waals surface area contributed by atoms with Crippen molar-refractivity contribution in [3.8, 4) is 17.2 Å². The predicted octanol–water partition coefficient (Wildman–Crippen LogP) is 4.17. The van der Waals surface area contributed by atoms with Crippen LogP contribution in [0, 0.1) is 6.92 Å². The number of thiophene rings is 1. The summed E-state index contributed by atoms with van der Waals surface area (Å²) in [7, 11) is 1.58. The molecule has 3 aromatic rings. The molecule has 0 saturated heterocycles. The number of hydrogen-bond donors (Lipinski definition) is 1. The van der Waals surface area contributed by atoms with Gasteiger partial charge in [-0.05, 0) is 59.8 Å². The number of methoxy groups -OCH3 is 1. The maximum atomic E-state index is 11.9. The lowest BCUT2D eigenvalue weighted by molar-refractivity contribution is -0.123. The van der Waals surface area contributed by atoms with Gasteiger partial charge in [-0.3, -0.25) is 4.79 Å². The van der Waals surface area contributed by atoms with Crippen molar-refractivity contribution in [2.24, 2.45) is 5.10 Å². The van der Waals surface area contributed by atoms with E-state index in [1.54, 1.807) is 30.6 Å². The molecule has 7 heteroatoms. The first kappa shape index (κ1) is 20.4. The molecule has 0 unspecified atom stereocenters. The van der Waals surface area contributed by atoms with Crippen LogP contribution in [0.3, 0.4) is 0 Å². The van der Waals surface area contributed by atoms with E-state index < -0.39 is 0 Å². The maximum Gasteiger partial charge on any atom is 0.277 e. The van der Waals surface area contributed by atoms with Gasteiger partial charge in [0.15, 0.2) is 18.1 Å². The Morgan fingerprint density at radius 1 is 1.10 bits per heavy atom. The summed E-state index contributed by atoms with van der Waals surface area (Å²) in [5, 5.41) is 5.97. The molecule has 3 rings (SSSR count). The molecule has 2 aromatic carbocycles. The third-order valence-electron chi connectivity index (χ3n) is 3.90. The molecule has 1 N–H and O–H groups in total. The zero-order valence-electron chi connectivity index (χ0n) is 16.3. The Bertz CT molecular complexity index is 971. The van der Waals surface area contributed by atoms with Gasteiger partial charge in [-0.25, -0.2) is 5.43 Å². The van der Waals surface area contributed by atoms with Crippen LogP contribution >= 0.6 is 11.3 Å². The Labute approximate surface area is 173 Å². The third-order valence-corrected chi connectivity index (χ3v) is 4.75. The summed E-state index contributed by atoms with van der Waals surface area (Å²) in [6, 6.07) is 17.0. The molecule has 0 saturated carbocycles. The second-order valence-corrected chi connectivity index (χ2v) is 7.21. The fourth-order valence-electron chi connectivity index (χ4n) is 2.49. The fourth-order valence-corrected chi connectivity index (χ4v) is 3.11. The van der Waals surface area contributed by atoms with Crippen molar-refractivity contribution in [3.63, 3.8) is 0 Å². The average Bonchev–Trinajstić information content (AvgIpc) is 3.25. The van der Waals surface area contributed by atoms with E-state index in [0.717, 1.165) is 16.0 Å².